The van der Waals surface area contributed by atoms with Crippen LogP contribution in [-0.2, 0) is 14.9 Å². The van der Waals surface area contributed by atoms with E-state index in [4.69, 9.17) is 9.47 Å². The van der Waals surface area contributed by atoms with E-state index in [9.17, 15) is 4.79 Å². The summed E-state index contributed by atoms with van der Waals surface area (Å²) in [6.07, 6.45) is 2.27. The maximum Gasteiger partial charge on any atom is 0.308 e. The van der Waals surface area contributed by atoms with Crippen molar-refractivity contribution in [3.8, 4) is 5.75 Å². The highest BCUT2D eigenvalue weighted by Gasteiger charge is 2.40. The van der Waals surface area contributed by atoms with E-state index in [1.807, 2.05) is 18.2 Å². The average Bonchev–Trinajstić information content (AvgIpc) is 2.66. The van der Waals surface area contributed by atoms with Crippen molar-refractivity contribution < 1.29 is 14.3 Å². The smallest absolute Gasteiger partial charge is 0.308 e. The summed E-state index contributed by atoms with van der Waals surface area (Å²) in [6, 6.07) is 14.7. The second-order valence-corrected chi connectivity index (χ2v) is 8.94. The van der Waals surface area contributed by atoms with Crippen LogP contribution in [0.2, 0.25) is 0 Å². The molecule has 0 saturated carbocycles. The van der Waals surface area contributed by atoms with Crippen molar-refractivity contribution in [3.63, 3.8) is 0 Å². The fourth-order valence-electron chi connectivity index (χ4n) is 4.40. The highest BCUT2D eigenvalue weighted by Crippen LogP contribution is 2.50. The zero-order valence-electron chi connectivity index (χ0n) is 17.1. The first-order valence-corrected chi connectivity index (χ1v) is 10.1. The number of fused-ring (bicyclic) bond motifs is 3. The Bertz CT molecular complexity index is 884. The lowest BCUT2D eigenvalue weighted by Crippen LogP contribution is -2.36. The van der Waals surface area contributed by atoms with Crippen LogP contribution in [-0.4, -0.2) is 12.6 Å². The minimum atomic E-state index is -0.298. The van der Waals surface area contributed by atoms with Crippen molar-refractivity contribution in [2.45, 2.75) is 58.1 Å². The first-order valence-electron chi connectivity index (χ1n) is 10.1. The first kappa shape index (κ1) is 19.0. The van der Waals surface area contributed by atoms with E-state index < -0.39 is 0 Å². The van der Waals surface area contributed by atoms with Crippen LogP contribution < -0.4 is 10.1 Å². The molecule has 1 N–H and O–H groups in total. The van der Waals surface area contributed by atoms with Crippen LogP contribution in [0.25, 0.3) is 0 Å². The molecule has 1 saturated heterocycles. The summed E-state index contributed by atoms with van der Waals surface area (Å²) < 4.78 is 11.6. The zero-order valence-corrected chi connectivity index (χ0v) is 17.1. The predicted octanol–water partition coefficient (Wildman–Crippen LogP) is 5.54. The largest absolute Gasteiger partial charge is 0.427 e. The Morgan fingerprint density at radius 3 is 2.75 bits per heavy atom. The molecule has 4 heteroatoms. The SMILES string of the molecule is CC(=O)Oc1cccc(C2Nc3ccc(C(C)(C)C)cc3C3OCCCC23)c1. The molecule has 0 aliphatic carbocycles. The molecule has 4 nitrogen and oxygen atoms in total. The Labute approximate surface area is 167 Å². The number of nitrogens with one attached hydrogen (secondary N) is 1. The molecule has 0 bridgehead atoms. The van der Waals surface area contributed by atoms with Crippen LogP contribution in [0, 0.1) is 5.92 Å². The maximum absolute atomic E-state index is 11.3. The summed E-state index contributed by atoms with van der Waals surface area (Å²) in [4.78, 5) is 11.3. The third-order valence-corrected chi connectivity index (χ3v) is 5.81. The van der Waals surface area contributed by atoms with Gasteiger partial charge < -0.3 is 14.8 Å². The van der Waals surface area contributed by atoms with Gasteiger partial charge in [-0.3, -0.25) is 4.79 Å². The summed E-state index contributed by atoms with van der Waals surface area (Å²) >= 11 is 0. The third-order valence-electron chi connectivity index (χ3n) is 5.81. The second kappa shape index (κ2) is 7.25. The summed E-state index contributed by atoms with van der Waals surface area (Å²) in [6.45, 7) is 8.97. The number of ether oxygens (including phenoxy) is 2. The molecular formula is C24H29NO3. The topological polar surface area (TPSA) is 47.6 Å². The standard InChI is InChI=1S/C24H29NO3/c1-15(26)28-18-8-5-7-16(13-18)22-19-9-6-12-27-23(19)20-14-17(24(2,3)4)10-11-21(20)25-22/h5,7-8,10-11,13-14,19,22-23,25H,6,9,12H2,1-4H3. The van der Waals surface area contributed by atoms with Gasteiger partial charge in [-0.25, -0.2) is 0 Å². The highest BCUT2D eigenvalue weighted by atomic mass is 16.5. The van der Waals surface area contributed by atoms with Crippen LogP contribution in [0.15, 0.2) is 42.5 Å². The van der Waals surface area contributed by atoms with Crippen LogP contribution >= 0.6 is 0 Å². The molecule has 2 aliphatic rings. The molecule has 1 fully saturated rings. The minimum Gasteiger partial charge on any atom is -0.427 e. The molecule has 0 amide bonds. The lowest BCUT2D eigenvalue weighted by Gasteiger charge is -2.44. The Kier molecular flexibility index (Phi) is 4.92. The summed E-state index contributed by atoms with van der Waals surface area (Å²) in [5.41, 5.74) is 4.97. The molecule has 0 aromatic heterocycles. The van der Waals surface area contributed by atoms with Crippen LogP contribution in [0.3, 0.4) is 0 Å². The molecule has 0 spiro atoms. The van der Waals surface area contributed by atoms with E-state index >= 15 is 0 Å². The number of hydrogen-bond donors (Lipinski definition) is 1. The van der Waals surface area contributed by atoms with Gasteiger partial charge >= 0.3 is 5.97 Å². The second-order valence-electron chi connectivity index (χ2n) is 8.94. The van der Waals surface area contributed by atoms with E-state index in [0.29, 0.717) is 11.7 Å². The van der Waals surface area contributed by atoms with Gasteiger partial charge in [0.2, 0.25) is 0 Å². The first-order chi connectivity index (χ1) is 13.3. The Morgan fingerprint density at radius 2 is 2.00 bits per heavy atom. The molecule has 3 atom stereocenters. The van der Waals surface area contributed by atoms with Gasteiger partial charge in [-0.2, -0.15) is 0 Å². The molecule has 2 aliphatic heterocycles. The van der Waals surface area contributed by atoms with Gasteiger partial charge in [0, 0.05) is 30.7 Å². The van der Waals surface area contributed by atoms with Crippen LogP contribution in [0.4, 0.5) is 5.69 Å². The van der Waals surface area contributed by atoms with Crippen molar-refractivity contribution in [1.29, 1.82) is 0 Å². The summed E-state index contributed by atoms with van der Waals surface area (Å²) in [5.74, 6) is 0.644. The van der Waals surface area contributed by atoms with Crippen molar-refractivity contribution in [2.24, 2.45) is 5.92 Å². The van der Waals surface area contributed by atoms with Gasteiger partial charge in [0.05, 0.1) is 12.1 Å². The lowest BCUT2D eigenvalue weighted by atomic mass is 9.76. The van der Waals surface area contributed by atoms with Gasteiger partial charge in [0.25, 0.3) is 0 Å². The maximum atomic E-state index is 11.3. The molecule has 2 aromatic carbocycles. The van der Waals surface area contributed by atoms with E-state index in [2.05, 4.69) is 50.4 Å². The molecule has 148 valence electrons. The number of carbonyl (C=O) groups excluding carboxylic acids is 1. The molecule has 0 radical (unpaired) electrons. The van der Waals surface area contributed by atoms with Crippen molar-refractivity contribution >= 4 is 11.7 Å². The van der Waals surface area contributed by atoms with E-state index in [0.717, 1.165) is 30.7 Å². The highest BCUT2D eigenvalue weighted by molar-refractivity contribution is 5.69. The van der Waals surface area contributed by atoms with E-state index in [1.165, 1.54) is 18.1 Å². The molecule has 2 heterocycles. The van der Waals surface area contributed by atoms with E-state index in [-0.39, 0.29) is 23.5 Å². The Balaban J connectivity index is 1.73. The monoisotopic (exact) mass is 379 g/mol. The number of carbonyl (C=O) groups is 1. The Hall–Kier alpha value is -2.33. The van der Waals surface area contributed by atoms with Crippen molar-refractivity contribution in [3.05, 3.63) is 59.2 Å². The molecule has 28 heavy (non-hydrogen) atoms. The number of anilines is 1. The van der Waals surface area contributed by atoms with Gasteiger partial charge in [0.15, 0.2) is 0 Å². The van der Waals surface area contributed by atoms with Crippen LogP contribution in [0.1, 0.15) is 69.4 Å². The molecular weight excluding hydrogens is 350 g/mol. The number of esters is 1. The molecule has 4 rings (SSSR count). The Morgan fingerprint density at radius 1 is 1.18 bits per heavy atom. The zero-order chi connectivity index (χ0) is 19.9. The van der Waals surface area contributed by atoms with Gasteiger partial charge in [-0.1, -0.05) is 45.0 Å². The number of benzene rings is 2. The predicted molar refractivity (Wildman–Crippen MR) is 111 cm³/mol. The van der Waals surface area contributed by atoms with E-state index in [1.54, 1.807) is 0 Å². The quantitative estimate of drug-likeness (QED) is 0.549. The third kappa shape index (κ3) is 3.66. The van der Waals surface area contributed by atoms with Crippen molar-refractivity contribution in [1.82, 2.24) is 0 Å². The fourth-order valence-corrected chi connectivity index (χ4v) is 4.40. The van der Waals surface area contributed by atoms with Crippen molar-refractivity contribution in [2.75, 3.05) is 11.9 Å². The van der Waals surface area contributed by atoms with Gasteiger partial charge in [0.1, 0.15) is 5.75 Å². The number of rotatable bonds is 2. The summed E-state index contributed by atoms with van der Waals surface area (Å²) in [7, 11) is 0. The normalized spacial score (nSPS) is 23.9. The molecule has 3 unspecified atom stereocenters. The fraction of sp³-hybridized carbons (Fsp3) is 0.458. The lowest BCUT2D eigenvalue weighted by molar-refractivity contribution is -0.131. The average molecular weight is 380 g/mol. The summed E-state index contributed by atoms with van der Waals surface area (Å²) in [5, 5.41) is 3.75. The van der Waals surface area contributed by atoms with Gasteiger partial charge in [-0.15, -0.1) is 0 Å². The van der Waals surface area contributed by atoms with Crippen LogP contribution in [0.5, 0.6) is 5.75 Å². The van der Waals surface area contributed by atoms with Gasteiger partial charge in [-0.05, 0) is 47.6 Å². The molecule has 2 aromatic rings. The number of hydrogen-bond acceptors (Lipinski definition) is 4. The minimum absolute atomic E-state index is 0.0923.